The van der Waals surface area contributed by atoms with Crippen molar-refractivity contribution in [1.82, 2.24) is 9.80 Å². The highest BCUT2D eigenvalue weighted by Crippen LogP contribution is 2.32. The van der Waals surface area contributed by atoms with E-state index in [1.165, 1.54) is 11.9 Å². The van der Waals surface area contributed by atoms with Crippen LogP contribution in [0.1, 0.15) is 6.92 Å². The molecule has 136 valence electrons. The number of ether oxygens (including phenoxy) is 2. The Morgan fingerprint density at radius 2 is 1.77 bits per heavy atom. The molecule has 0 radical (unpaired) electrons. The lowest BCUT2D eigenvalue weighted by atomic mass is 9.91. The number of imide groups is 1. The average molecular weight is 357 g/mol. The Hall–Kier alpha value is -3.16. The van der Waals surface area contributed by atoms with Crippen LogP contribution in [0.4, 0.5) is 10.5 Å². The van der Waals surface area contributed by atoms with E-state index in [2.05, 4.69) is 9.98 Å². The molecule has 1 fully saturated rings. The summed E-state index contributed by atoms with van der Waals surface area (Å²) in [5, 5.41) is 0. The zero-order valence-electron chi connectivity index (χ0n) is 15.4. The highest BCUT2D eigenvalue weighted by Gasteiger charge is 2.50. The highest BCUT2D eigenvalue weighted by atomic mass is 16.5. The SMILES string of the molecule is COc1ccc(N=C2C(C)=C[NH+]=C3C2C(=O)N(C)C(=O)N3C)cc1OC. The predicted molar refractivity (Wildman–Crippen MR) is 95.8 cm³/mol. The Balaban J connectivity index is 2.08. The summed E-state index contributed by atoms with van der Waals surface area (Å²) < 4.78 is 10.6. The quantitative estimate of drug-likeness (QED) is 0.844. The molecular weight excluding hydrogens is 336 g/mol. The molecule has 2 aliphatic heterocycles. The number of benzene rings is 1. The van der Waals surface area contributed by atoms with Crippen molar-refractivity contribution in [2.24, 2.45) is 10.9 Å². The molecule has 0 saturated carbocycles. The van der Waals surface area contributed by atoms with Crippen molar-refractivity contribution in [3.63, 3.8) is 0 Å². The summed E-state index contributed by atoms with van der Waals surface area (Å²) in [7, 11) is 6.22. The van der Waals surface area contributed by atoms with E-state index in [-0.39, 0.29) is 11.9 Å². The Bertz CT molecular complexity index is 872. The van der Waals surface area contributed by atoms with Crippen molar-refractivity contribution in [3.05, 3.63) is 30.0 Å². The van der Waals surface area contributed by atoms with Gasteiger partial charge in [-0.1, -0.05) is 0 Å². The summed E-state index contributed by atoms with van der Waals surface area (Å²) in [4.78, 5) is 35.2. The van der Waals surface area contributed by atoms with Crippen LogP contribution in [0.25, 0.3) is 0 Å². The number of carbonyl (C=O) groups is 2. The minimum absolute atomic E-state index is 0.317. The number of rotatable bonds is 3. The molecular formula is C18H21N4O4+. The standard InChI is InChI=1S/C18H20N4O4/c1-10-9-19-16-14(17(23)22(3)18(24)21(16)2)15(10)20-11-6-7-12(25-4)13(8-11)26-5/h6-9,14H,1-5H3/p+1. The Morgan fingerprint density at radius 1 is 1.08 bits per heavy atom. The van der Waals surface area contributed by atoms with Gasteiger partial charge in [0.1, 0.15) is 0 Å². The molecule has 0 spiro atoms. The van der Waals surface area contributed by atoms with Crippen molar-refractivity contribution >= 4 is 29.2 Å². The maximum atomic E-state index is 12.8. The number of fused-ring (bicyclic) bond motifs is 1. The smallest absolute Gasteiger partial charge is 0.417 e. The van der Waals surface area contributed by atoms with Crippen LogP contribution in [-0.2, 0) is 4.79 Å². The molecule has 8 heteroatoms. The van der Waals surface area contributed by atoms with Crippen molar-refractivity contribution in [2.75, 3.05) is 28.3 Å². The van der Waals surface area contributed by atoms with Gasteiger partial charge in [-0.3, -0.25) is 9.79 Å². The molecule has 0 aliphatic carbocycles. The van der Waals surface area contributed by atoms with Gasteiger partial charge in [-0.2, -0.15) is 4.90 Å². The first-order valence-electron chi connectivity index (χ1n) is 8.05. The number of nitrogens with zero attached hydrogens (tertiary/aromatic N) is 3. The summed E-state index contributed by atoms with van der Waals surface area (Å²) in [5.41, 5.74) is 2.03. The van der Waals surface area contributed by atoms with Crippen LogP contribution in [0.2, 0.25) is 0 Å². The van der Waals surface area contributed by atoms with E-state index in [0.29, 0.717) is 28.7 Å². The number of allylic oxidation sites excluding steroid dienone is 1. The summed E-state index contributed by atoms with van der Waals surface area (Å²) >= 11 is 0. The molecule has 3 rings (SSSR count). The van der Waals surface area contributed by atoms with Gasteiger partial charge in [0.25, 0.3) is 11.7 Å². The summed E-state index contributed by atoms with van der Waals surface area (Å²) in [5.74, 6) is 0.666. The largest absolute Gasteiger partial charge is 0.493 e. The van der Waals surface area contributed by atoms with Crippen LogP contribution >= 0.6 is 0 Å². The molecule has 1 N–H and O–H groups in total. The second-order valence-corrected chi connectivity index (χ2v) is 6.07. The molecule has 0 bridgehead atoms. The minimum atomic E-state index is -0.666. The van der Waals surface area contributed by atoms with Gasteiger partial charge >= 0.3 is 6.03 Å². The molecule has 1 atom stereocenters. The number of amidine groups is 1. The third-order valence-corrected chi connectivity index (χ3v) is 4.52. The second-order valence-electron chi connectivity index (χ2n) is 6.07. The molecule has 8 nitrogen and oxygen atoms in total. The van der Waals surface area contributed by atoms with Crippen molar-refractivity contribution in [1.29, 1.82) is 0 Å². The fourth-order valence-electron chi connectivity index (χ4n) is 3.02. The first kappa shape index (κ1) is 17.7. The fraction of sp³-hybridized carbons (Fsp3) is 0.333. The van der Waals surface area contributed by atoms with Gasteiger partial charge in [-0.05, 0) is 19.1 Å². The zero-order chi connectivity index (χ0) is 19.0. The lowest BCUT2D eigenvalue weighted by Gasteiger charge is -2.32. The third-order valence-electron chi connectivity index (χ3n) is 4.52. The maximum Gasteiger partial charge on any atom is 0.417 e. The van der Waals surface area contributed by atoms with E-state index < -0.39 is 5.92 Å². The van der Waals surface area contributed by atoms with E-state index >= 15 is 0 Å². The zero-order valence-corrected chi connectivity index (χ0v) is 15.4. The number of hydrogen-bond donors (Lipinski definition) is 1. The van der Waals surface area contributed by atoms with Gasteiger partial charge in [0.05, 0.1) is 38.9 Å². The summed E-state index contributed by atoms with van der Waals surface area (Å²) in [6, 6.07) is 4.90. The molecule has 1 aromatic rings. The van der Waals surface area contributed by atoms with E-state index in [1.54, 1.807) is 45.7 Å². The Kier molecular flexibility index (Phi) is 4.50. The number of methoxy groups -OCH3 is 2. The van der Waals surface area contributed by atoms with E-state index in [4.69, 9.17) is 9.47 Å². The number of nitrogens with one attached hydrogen (secondary N) is 1. The van der Waals surface area contributed by atoms with Crippen LogP contribution in [0.3, 0.4) is 0 Å². The van der Waals surface area contributed by atoms with Crippen molar-refractivity contribution < 1.29 is 24.1 Å². The molecule has 26 heavy (non-hydrogen) atoms. The van der Waals surface area contributed by atoms with Crippen LogP contribution in [0, 0.1) is 5.92 Å². The van der Waals surface area contributed by atoms with Gasteiger partial charge in [0, 0.05) is 18.7 Å². The predicted octanol–water partition coefficient (Wildman–Crippen LogP) is 0.313. The average Bonchev–Trinajstić information content (AvgIpc) is 2.65. The van der Waals surface area contributed by atoms with Gasteiger partial charge in [-0.25, -0.2) is 14.7 Å². The van der Waals surface area contributed by atoms with E-state index in [9.17, 15) is 9.59 Å². The third kappa shape index (κ3) is 2.73. The monoisotopic (exact) mass is 357 g/mol. The molecule has 1 saturated heterocycles. The van der Waals surface area contributed by atoms with Crippen LogP contribution in [0.5, 0.6) is 11.5 Å². The Morgan fingerprint density at radius 3 is 2.42 bits per heavy atom. The topological polar surface area (TPSA) is 85.4 Å². The number of carbonyl (C=O) groups excluding carboxylic acids is 2. The summed E-state index contributed by atoms with van der Waals surface area (Å²) in [6.07, 6.45) is 1.74. The lowest BCUT2D eigenvalue weighted by Crippen LogP contribution is -2.80. The summed E-state index contributed by atoms with van der Waals surface area (Å²) in [6.45, 7) is 1.87. The first-order valence-corrected chi connectivity index (χ1v) is 8.05. The number of urea groups is 1. The fourth-order valence-corrected chi connectivity index (χ4v) is 3.02. The van der Waals surface area contributed by atoms with Crippen molar-refractivity contribution in [2.45, 2.75) is 6.92 Å². The van der Waals surface area contributed by atoms with Crippen LogP contribution in [0.15, 0.2) is 35.0 Å². The van der Waals surface area contributed by atoms with Gasteiger partial charge in [0.2, 0.25) is 0 Å². The van der Waals surface area contributed by atoms with E-state index in [1.807, 2.05) is 6.92 Å². The number of aliphatic imine (C=N–C) groups is 1. The number of hydrogen-bond acceptors (Lipinski definition) is 5. The van der Waals surface area contributed by atoms with Gasteiger partial charge in [-0.15, -0.1) is 0 Å². The lowest BCUT2D eigenvalue weighted by molar-refractivity contribution is -0.383. The molecule has 2 aliphatic rings. The molecule has 0 aromatic heterocycles. The highest BCUT2D eigenvalue weighted by molar-refractivity contribution is 6.31. The normalized spacial score (nSPS) is 21.4. The van der Waals surface area contributed by atoms with E-state index in [0.717, 1.165) is 10.5 Å². The molecule has 2 heterocycles. The van der Waals surface area contributed by atoms with Crippen LogP contribution < -0.4 is 14.5 Å². The molecule has 1 unspecified atom stereocenters. The van der Waals surface area contributed by atoms with Gasteiger partial charge in [0.15, 0.2) is 17.4 Å². The first-order chi connectivity index (χ1) is 12.4. The minimum Gasteiger partial charge on any atom is -0.493 e. The van der Waals surface area contributed by atoms with Gasteiger partial charge < -0.3 is 9.47 Å². The molecule has 3 amide bonds. The molecule has 1 aromatic carbocycles. The van der Waals surface area contributed by atoms with Crippen LogP contribution in [-0.4, -0.2) is 61.6 Å². The van der Waals surface area contributed by atoms with Crippen molar-refractivity contribution in [3.8, 4) is 11.5 Å². The Labute approximate surface area is 151 Å². The second kappa shape index (κ2) is 6.62. The number of amides is 3. The maximum absolute atomic E-state index is 12.8.